The molecule has 6 nitrogen and oxygen atoms in total. The summed E-state index contributed by atoms with van der Waals surface area (Å²) in [6.45, 7) is 2.70. The van der Waals surface area contributed by atoms with E-state index in [1.165, 1.54) is 7.11 Å². The molecule has 19 heavy (non-hydrogen) atoms. The predicted octanol–water partition coefficient (Wildman–Crippen LogP) is 1.69. The first-order chi connectivity index (χ1) is 9.22. The highest BCUT2D eigenvalue weighted by molar-refractivity contribution is 5.91. The van der Waals surface area contributed by atoms with Crippen molar-refractivity contribution in [3.05, 3.63) is 36.6 Å². The number of hydrogen-bond donors (Lipinski definition) is 1. The first-order valence-electron chi connectivity index (χ1n) is 6.13. The third-order valence-corrected chi connectivity index (χ3v) is 2.82. The van der Waals surface area contributed by atoms with Gasteiger partial charge in [0, 0.05) is 31.0 Å². The van der Waals surface area contributed by atoms with Crippen LogP contribution in [-0.2, 0) is 6.54 Å². The Morgan fingerprint density at radius 1 is 1.58 bits per heavy atom. The number of furan rings is 1. The third-order valence-electron chi connectivity index (χ3n) is 2.82. The zero-order valence-corrected chi connectivity index (χ0v) is 11.0. The van der Waals surface area contributed by atoms with Crippen molar-refractivity contribution in [2.75, 3.05) is 7.11 Å². The van der Waals surface area contributed by atoms with E-state index in [9.17, 15) is 4.79 Å². The summed E-state index contributed by atoms with van der Waals surface area (Å²) in [4.78, 5) is 16.0. The van der Waals surface area contributed by atoms with E-state index in [4.69, 9.17) is 9.15 Å². The Morgan fingerprint density at radius 2 is 2.42 bits per heavy atom. The van der Waals surface area contributed by atoms with Crippen molar-refractivity contribution >= 4 is 5.91 Å². The average Bonchev–Trinajstić information content (AvgIpc) is 3.08. The second kappa shape index (κ2) is 6.08. The minimum atomic E-state index is -0.240. The third kappa shape index (κ3) is 3.37. The van der Waals surface area contributed by atoms with Crippen LogP contribution in [0.4, 0.5) is 0 Å². The highest BCUT2D eigenvalue weighted by Gasteiger charge is 2.16. The first-order valence-corrected chi connectivity index (χ1v) is 6.13. The number of aromatic nitrogens is 2. The fourth-order valence-electron chi connectivity index (χ4n) is 1.73. The molecule has 0 radical (unpaired) electrons. The van der Waals surface area contributed by atoms with Crippen LogP contribution >= 0.6 is 0 Å². The monoisotopic (exact) mass is 263 g/mol. The second-order valence-electron chi connectivity index (χ2n) is 4.16. The number of rotatable bonds is 6. The molecule has 6 heteroatoms. The molecule has 0 aliphatic heterocycles. The van der Waals surface area contributed by atoms with Crippen LogP contribution in [0, 0.1) is 0 Å². The molecule has 0 aromatic carbocycles. The normalized spacial score (nSPS) is 12.1. The van der Waals surface area contributed by atoms with Crippen LogP contribution in [0.1, 0.15) is 23.9 Å². The van der Waals surface area contributed by atoms with Gasteiger partial charge < -0.3 is 19.0 Å². The predicted molar refractivity (Wildman–Crippen MR) is 69.0 cm³/mol. The molecule has 0 spiro atoms. The zero-order valence-electron chi connectivity index (χ0n) is 11.0. The molecule has 0 aliphatic carbocycles. The number of methoxy groups -OCH3 is 1. The lowest BCUT2D eigenvalue weighted by Crippen LogP contribution is -2.37. The number of amides is 1. The number of hydrogen-bond acceptors (Lipinski definition) is 4. The highest BCUT2D eigenvalue weighted by Crippen LogP contribution is 2.15. The largest absolute Gasteiger partial charge is 0.468 e. The Kier molecular flexibility index (Phi) is 4.22. The summed E-state index contributed by atoms with van der Waals surface area (Å²) in [6.07, 6.45) is 6.13. The number of nitrogens with one attached hydrogen (secondary N) is 1. The molecule has 1 amide bonds. The Labute approximate surface area is 111 Å². The van der Waals surface area contributed by atoms with E-state index >= 15 is 0 Å². The molecule has 1 atom stereocenters. The summed E-state index contributed by atoms with van der Waals surface area (Å²) in [5.74, 6) is 0.337. The van der Waals surface area contributed by atoms with Gasteiger partial charge in [-0.1, -0.05) is 6.92 Å². The van der Waals surface area contributed by atoms with Crippen LogP contribution < -0.4 is 10.1 Å². The minimum Gasteiger partial charge on any atom is -0.468 e. The molecule has 2 aromatic rings. The Bertz CT molecular complexity index is 519. The molecular formula is C13H17N3O3. The van der Waals surface area contributed by atoms with Gasteiger partial charge in [0.25, 0.3) is 11.9 Å². The molecule has 2 aromatic heterocycles. The summed E-state index contributed by atoms with van der Waals surface area (Å²) in [5.41, 5.74) is 0. The molecular weight excluding hydrogens is 246 g/mol. The highest BCUT2D eigenvalue weighted by atomic mass is 16.6. The smallest absolute Gasteiger partial charge is 0.287 e. The molecule has 0 bridgehead atoms. The standard InChI is InChI=1S/C13H17N3O3/c1-3-10(8-16-7-6-14-9-16)15-13(17)11-4-5-12(18-2)19-11/h4-7,9-10H,3,8H2,1-2H3,(H,15,17)/t10-/m0/s1. The molecule has 102 valence electrons. The van der Waals surface area contributed by atoms with Crippen LogP contribution in [0.5, 0.6) is 5.95 Å². The van der Waals surface area contributed by atoms with E-state index in [0.717, 1.165) is 6.42 Å². The van der Waals surface area contributed by atoms with Crippen molar-refractivity contribution in [3.8, 4) is 5.95 Å². The maximum Gasteiger partial charge on any atom is 0.287 e. The van der Waals surface area contributed by atoms with Crippen molar-refractivity contribution in [3.63, 3.8) is 0 Å². The van der Waals surface area contributed by atoms with Crippen molar-refractivity contribution < 1.29 is 13.9 Å². The first kappa shape index (κ1) is 13.2. The van der Waals surface area contributed by atoms with Gasteiger partial charge in [-0.3, -0.25) is 4.79 Å². The quantitative estimate of drug-likeness (QED) is 0.861. The number of carbonyl (C=O) groups excluding carboxylic acids is 1. The Hall–Kier alpha value is -2.24. The molecule has 0 saturated carbocycles. The van der Waals surface area contributed by atoms with Gasteiger partial charge in [0.1, 0.15) is 0 Å². The lowest BCUT2D eigenvalue weighted by atomic mass is 10.2. The summed E-state index contributed by atoms with van der Waals surface area (Å²) in [7, 11) is 1.49. The van der Waals surface area contributed by atoms with Crippen LogP contribution in [0.2, 0.25) is 0 Å². The van der Waals surface area contributed by atoms with E-state index < -0.39 is 0 Å². The summed E-state index contributed by atoms with van der Waals surface area (Å²) in [6, 6.07) is 3.24. The van der Waals surface area contributed by atoms with E-state index in [0.29, 0.717) is 12.5 Å². The number of ether oxygens (including phenoxy) is 1. The van der Waals surface area contributed by atoms with Crippen LogP contribution in [-0.4, -0.2) is 28.6 Å². The van der Waals surface area contributed by atoms with Crippen LogP contribution in [0.15, 0.2) is 35.3 Å². The lowest BCUT2D eigenvalue weighted by Gasteiger charge is -2.16. The number of imidazole rings is 1. The summed E-state index contributed by atoms with van der Waals surface area (Å²) in [5, 5.41) is 2.92. The van der Waals surface area contributed by atoms with Crippen LogP contribution in [0.25, 0.3) is 0 Å². The molecule has 2 rings (SSSR count). The summed E-state index contributed by atoms with van der Waals surface area (Å²) < 4.78 is 12.1. The molecule has 1 N–H and O–H groups in total. The molecule has 0 saturated heterocycles. The van der Waals surface area contributed by atoms with Gasteiger partial charge in [-0.05, 0) is 12.5 Å². The van der Waals surface area contributed by atoms with Crippen LogP contribution in [0.3, 0.4) is 0 Å². The second-order valence-corrected chi connectivity index (χ2v) is 4.16. The SMILES string of the molecule is CC[C@@H](Cn1ccnc1)NC(=O)c1ccc(OC)o1. The van der Waals surface area contributed by atoms with Crippen molar-refractivity contribution in [1.29, 1.82) is 0 Å². The van der Waals surface area contributed by atoms with E-state index in [1.807, 2.05) is 17.7 Å². The van der Waals surface area contributed by atoms with E-state index in [1.54, 1.807) is 24.7 Å². The minimum absolute atomic E-state index is 0.0257. The van der Waals surface area contributed by atoms with Gasteiger partial charge in [-0.15, -0.1) is 0 Å². The van der Waals surface area contributed by atoms with Crippen molar-refractivity contribution in [2.45, 2.75) is 25.9 Å². The van der Waals surface area contributed by atoms with Gasteiger partial charge in [0.2, 0.25) is 0 Å². The Morgan fingerprint density at radius 3 is 3.00 bits per heavy atom. The van der Waals surface area contributed by atoms with Gasteiger partial charge in [-0.25, -0.2) is 4.98 Å². The van der Waals surface area contributed by atoms with Gasteiger partial charge in [-0.2, -0.15) is 0 Å². The molecule has 0 aliphatic rings. The van der Waals surface area contributed by atoms with Gasteiger partial charge in [0.15, 0.2) is 5.76 Å². The van der Waals surface area contributed by atoms with Crippen molar-refractivity contribution in [2.24, 2.45) is 0 Å². The number of carbonyl (C=O) groups is 1. The van der Waals surface area contributed by atoms with Gasteiger partial charge >= 0.3 is 0 Å². The summed E-state index contributed by atoms with van der Waals surface area (Å²) >= 11 is 0. The number of nitrogens with zero attached hydrogens (tertiary/aromatic N) is 2. The molecule has 0 fully saturated rings. The molecule has 2 heterocycles. The lowest BCUT2D eigenvalue weighted by molar-refractivity contribution is 0.0897. The fourth-order valence-corrected chi connectivity index (χ4v) is 1.73. The fraction of sp³-hybridized carbons (Fsp3) is 0.385. The van der Waals surface area contributed by atoms with E-state index in [-0.39, 0.29) is 17.7 Å². The molecule has 0 unspecified atom stereocenters. The average molecular weight is 263 g/mol. The zero-order chi connectivity index (χ0) is 13.7. The van der Waals surface area contributed by atoms with E-state index in [2.05, 4.69) is 10.3 Å². The Balaban J connectivity index is 1.95. The maximum absolute atomic E-state index is 12.0. The van der Waals surface area contributed by atoms with Crippen molar-refractivity contribution in [1.82, 2.24) is 14.9 Å². The topological polar surface area (TPSA) is 69.3 Å². The maximum atomic E-state index is 12.0. The van der Waals surface area contributed by atoms with Gasteiger partial charge in [0.05, 0.1) is 13.4 Å².